The second kappa shape index (κ2) is 6.20. The van der Waals surface area contributed by atoms with Crippen LogP contribution in [0.15, 0.2) is 23.1 Å². The maximum atomic E-state index is 11.9. The minimum Gasteiger partial charge on any atom is -0.478 e. The van der Waals surface area contributed by atoms with Gasteiger partial charge in [0.1, 0.15) is 0 Å². The number of carboxylic acid groups (broad SMARTS) is 1. The molecule has 100 valence electrons. The molecule has 0 spiro atoms. The van der Waals surface area contributed by atoms with E-state index < -0.39 is 15.8 Å². The van der Waals surface area contributed by atoms with Crippen LogP contribution in [0.3, 0.4) is 0 Å². The highest BCUT2D eigenvalue weighted by Gasteiger charge is 2.17. The normalized spacial score (nSPS) is 11.4. The molecule has 0 aliphatic heterocycles. The maximum absolute atomic E-state index is 11.9. The number of aromatic carboxylic acids is 1. The van der Waals surface area contributed by atoms with E-state index >= 15 is 0 Å². The van der Waals surface area contributed by atoms with Gasteiger partial charge in [-0.1, -0.05) is 31.4 Å². The van der Waals surface area contributed by atoms with E-state index in [9.17, 15) is 13.2 Å². The number of hydrogen-bond donors (Lipinski definition) is 1. The van der Waals surface area contributed by atoms with Crippen molar-refractivity contribution in [2.75, 3.05) is 5.75 Å². The summed E-state index contributed by atoms with van der Waals surface area (Å²) in [6.07, 6.45) is 2.38. The molecule has 0 aliphatic carbocycles. The molecule has 0 aromatic heterocycles. The highest BCUT2D eigenvalue weighted by molar-refractivity contribution is 7.91. The van der Waals surface area contributed by atoms with Crippen molar-refractivity contribution in [2.24, 2.45) is 0 Å². The number of hydrogen-bond acceptors (Lipinski definition) is 3. The summed E-state index contributed by atoms with van der Waals surface area (Å²) in [6.45, 7) is 1.99. The Morgan fingerprint density at radius 2 is 2.00 bits per heavy atom. The highest BCUT2D eigenvalue weighted by atomic mass is 35.5. The zero-order valence-corrected chi connectivity index (χ0v) is 11.6. The third kappa shape index (κ3) is 3.71. The first-order valence-corrected chi connectivity index (χ1v) is 7.67. The molecule has 18 heavy (non-hydrogen) atoms. The molecule has 0 unspecified atom stereocenters. The number of carbonyl (C=O) groups is 1. The van der Waals surface area contributed by atoms with E-state index in [-0.39, 0.29) is 21.2 Å². The summed E-state index contributed by atoms with van der Waals surface area (Å²) in [5.74, 6) is -1.11. The standard InChI is InChI=1S/C12H15ClO4S/c1-2-3-4-7-18(16,17)9-5-6-10(12(14)15)11(13)8-9/h5-6,8H,2-4,7H2,1H3,(H,14,15). The van der Waals surface area contributed by atoms with E-state index in [1.54, 1.807) is 0 Å². The minimum absolute atomic E-state index is 0.0564. The van der Waals surface area contributed by atoms with Crippen molar-refractivity contribution in [3.8, 4) is 0 Å². The number of halogens is 1. The molecule has 0 radical (unpaired) electrons. The Bertz CT molecular complexity index is 537. The first kappa shape index (κ1) is 15.0. The first-order chi connectivity index (χ1) is 8.38. The Labute approximate surface area is 112 Å². The second-order valence-corrected chi connectivity index (χ2v) is 6.49. The Morgan fingerprint density at radius 3 is 2.50 bits per heavy atom. The molecule has 1 aromatic rings. The van der Waals surface area contributed by atoms with E-state index in [4.69, 9.17) is 16.7 Å². The maximum Gasteiger partial charge on any atom is 0.337 e. The van der Waals surface area contributed by atoms with Crippen molar-refractivity contribution in [3.05, 3.63) is 28.8 Å². The van der Waals surface area contributed by atoms with Gasteiger partial charge in [-0.25, -0.2) is 13.2 Å². The fourth-order valence-corrected chi connectivity index (χ4v) is 3.24. The zero-order chi connectivity index (χ0) is 13.8. The molecule has 0 bridgehead atoms. The van der Waals surface area contributed by atoms with Gasteiger partial charge in [-0.05, 0) is 24.6 Å². The van der Waals surface area contributed by atoms with Crippen LogP contribution in [-0.4, -0.2) is 25.2 Å². The third-order valence-corrected chi connectivity index (χ3v) is 4.66. The lowest BCUT2D eigenvalue weighted by molar-refractivity contribution is 0.0697. The van der Waals surface area contributed by atoms with Crippen LogP contribution in [0.4, 0.5) is 0 Å². The Morgan fingerprint density at radius 1 is 1.33 bits per heavy atom. The van der Waals surface area contributed by atoms with Crippen LogP contribution in [0.2, 0.25) is 5.02 Å². The molecule has 0 amide bonds. The van der Waals surface area contributed by atoms with Gasteiger partial charge in [0, 0.05) is 0 Å². The second-order valence-electron chi connectivity index (χ2n) is 3.97. The number of benzene rings is 1. The average molecular weight is 291 g/mol. The van der Waals surface area contributed by atoms with Crippen molar-refractivity contribution in [3.63, 3.8) is 0 Å². The molecule has 1 aromatic carbocycles. The van der Waals surface area contributed by atoms with Crippen molar-refractivity contribution in [2.45, 2.75) is 31.1 Å². The number of carboxylic acids is 1. The van der Waals surface area contributed by atoms with E-state index in [1.807, 2.05) is 6.92 Å². The van der Waals surface area contributed by atoms with E-state index in [2.05, 4.69) is 0 Å². The van der Waals surface area contributed by atoms with Gasteiger partial charge in [0.2, 0.25) is 0 Å². The van der Waals surface area contributed by atoms with Crippen LogP contribution in [0.5, 0.6) is 0 Å². The highest BCUT2D eigenvalue weighted by Crippen LogP contribution is 2.22. The monoisotopic (exact) mass is 290 g/mol. The molecule has 1 N–H and O–H groups in total. The predicted octanol–water partition coefficient (Wildman–Crippen LogP) is 3.00. The van der Waals surface area contributed by atoms with Crippen LogP contribution < -0.4 is 0 Å². The SMILES string of the molecule is CCCCCS(=O)(=O)c1ccc(C(=O)O)c(Cl)c1. The van der Waals surface area contributed by atoms with Gasteiger partial charge in [-0.2, -0.15) is 0 Å². The predicted molar refractivity (Wildman–Crippen MR) is 70.0 cm³/mol. The lowest BCUT2D eigenvalue weighted by Gasteiger charge is -2.06. The molecule has 0 aliphatic rings. The quantitative estimate of drug-likeness (QED) is 0.818. The van der Waals surface area contributed by atoms with Gasteiger partial charge >= 0.3 is 5.97 Å². The van der Waals surface area contributed by atoms with Gasteiger partial charge in [-0.15, -0.1) is 0 Å². The summed E-state index contributed by atoms with van der Waals surface area (Å²) in [6, 6.07) is 3.71. The summed E-state index contributed by atoms with van der Waals surface area (Å²) >= 11 is 5.75. The molecule has 0 saturated heterocycles. The average Bonchev–Trinajstić information content (AvgIpc) is 2.28. The third-order valence-electron chi connectivity index (χ3n) is 2.55. The fraction of sp³-hybridized carbons (Fsp3) is 0.417. The summed E-state index contributed by atoms with van der Waals surface area (Å²) < 4.78 is 23.9. The lowest BCUT2D eigenvalue weighted by atomic mass is 10.2. The van der Waals surface area contributed by atoms with E-state index in [0.717, 1.165) is 12.8 Å². The van der Waals surface area contributed by atoms with Crippen molar-refractivity contribution < 1.29 is 18.3 Å². The van der Waals surface area contributed by atoms with Crippen LogP contribution in [0.1, 0.15) is 36.5 Å². The van der Waals surface area contributed by atoms with Crippen LogP contribution in [-0.2, 0) is 9.84 Å². The summed E-state index contributed by atoms with van der Waals surface area (Å²) in [7, 11) is -3.37. The smallest absolute Gasteiger partial charge is 0.337 e. The summed E-state index contributed by atoms with van der Waals surface area (Å²) in [5, 5.41) is 8.74. The van der Waals surface area contributed by atoms with E-state index in [1.165, 1.54) is 18.2 Å². The number of sulfone groups is 1. The Hall–Kier alpha value is -1.07. The van der Waals surface area contributed by atoms with Crippen molar-refractivity contribution in [1.29, 1.82) is 0 Å². The molecule has 0 saturated carbocycles. The van der Waals surface area contributed by atoms with E-state index in [0.29, 0.717) is 6.42 Å². The largest absolute Gasteiger partial charge is 0.478 e. The van der Waals surface area contributed by atoms with Gasteiger partial charge in [0.15, 0.2) is 9.84 Å². The molecule has 4 nitrogen and oxygen atoms in total. The Kier molecular flexibility index (Phi) is 5.16. The van der Waals surface area contributed by atoms with Crippen LogP contribution in [0, 0.1) is 0 Å². The topological polar surface area (TPSA) is 71.4 Å². The lowest BCUT2D eigenvalue weighted by Crippen LogP contribution is -2.08. The van der Waals surface area contributed by atoms with Crippen LogP contribution >= 0.6 is 11.6 Å². The number of rotatable bonds is 6. The van der Waals surface area contributed by atoms with Crippen LogP contribution in [0.25, 0.3) is 0 Å². The van der Waals surface area contributed by atoms with Gasteiger partial charge in [0.05, 0.1) is 21.2 Å². The molecule has 0 heterocycles. The molecule has 0 fully saturated rings. The van der Waals surface area contributed by atoms with Gasteiger partial charge in [-0.3, -0.25) is 0 Å². The first-order valence-electron chi connectivity index (χ1n) is 5.64. The molecule has 0 atom stereocenters. The Balaban J connectivity index is 2.97. The van der Waals surface area contributed by atoms with Gasteiger partial charge < -0.3 is 5.11 Å². The molecule has 6 heteroatoms. The molecular formula is C12H15ClO4S. The van der Waals surface area contributed by atoms with Gasteiger partial charge in [0.25, 0.3) is 0 Å². The molecular weight excluding hydrogens is 276 g/mol. The summed E-state index contributed by atoms with van der Waals surface area (Å²) in [4.78, 5) is 10.8. The fourth-order valence-electron chi connectivity index (χ4n) is 1.52. The zero-order valence-electron chi connectivity index (χ0n) is 10.0. The van der Waals surface area contributed by atoms with Crippen molar-refractivity contribution in [1.82, 2.24) is 0 Å². The van der Waals surface area contributed by atoms with Crippen molar-refractivity contribution >= 4 is 27.4 Å². The molecule has 1 rings (SSSR count). The minimum atomic E-state index is -3.37. The number of unbranched alkanes of at least 4 members (excludes halogenated alkanes) is 2. The summed E-state index contributed by atoms with van der Waals surface area (Å²) in [5.41, 5.74) is -0.0934.